The van der Waals surface area contributed by atoms with Crippen LogP contribution in [0.4, 0.5) is 5.69 Å². The van der Waals surface area contributed by atoms with E-state index in [0.717, 1.165) is 49.0 Å². The molecule has 1 fully saturated rings. The predicted molar refractivity (Wildman–Crippen MR) is 83.6 cm³/mol. The number of hydrogen-bond acceptors (Lipinski definition) is 2. The van der Waals surface area contributed by atoms with Crippen molar-refractivity contribution in [2.45, 2.75) is 57.8 Å². The zero-order chi connectivity index (χ0) is 15.0. The van der Waals surface area contributed by atoms with E-state index in [4.69, 9.17) is 0 Å². The number of hydrogen-bond donors (Lipinski definition) is 0. The molecule has 1 aromatic carbocycles. The molecule has 1 heterocycles. The summed E-state index contributed by atoms with van der Waals surface area (Å²) in [6, 6.07) is 6.12. The first-order valence-electron chi connectivity index (χ1n) is 8.07. The van der Waals surface area contributed by atoms with Gasteiger partial charge in [-0.3, -0.25) is 9.59 Å². The summed E-state index contributed by atoms with van der Waals surface area (Å²) in [5.41, 5.74) is 2.19. The molecule has 1 unspecified atom stereocenters. The van der Waals surface area contributed by atoms with Crippen LogP contribution in [0.25, 0.3) is 0 Å². The lowest BCUT2D eigenvalue weighted by molar-refractivity contribution is -0.136. The van der Waals surface area contributed by atoms with Crippen LogP contribution in [0.3, 0.4) is 0 Å². The van der Waals surface area contributed by atoms with Gasteiger partial charge >= 0.3 is 0 Å². The second-order valence-electron chi connectivity index (χ2n) is 6.37. The number of unbranched alkanes of at least 4 members (excludes halogenated alkanes) is 1. The van der Waals surface area contributed by atoms with E-state index in [-0.39, 0.29) is 11.7 Å². The maximum atomic E-state index is 13.1. The molecule has 1 aliphatic carbocycles. The van der Waals surface area contributed by atoms with Crippen LogP contribution in [0.15, 0.2) is 18.2 Å². The minimum atomic E-state index is -0.868. The van der Waals surface area contributed by atoms with Gasteiger partial charge in [-0.2, -0.15) is 0 Å². The van der Waals surface area contributed by atoms with Gasteiger partial charge in [0, 0.05) is 18.7 Å². The summed E-state index contributed by atoms with van der Waals surface area (Å²) in [5, 5.41) is 0. The Balaban J connectivity index is 2.12. The minimum Gasteiger partial charge on any atom is -0.311 e. The van der Waals surface area contributed by atoms with Crippen molar-refractivity contribution >= 4 is 17.4 Å². The van der Waals surface area contributed by atoms with E-state index in [1.165, 1.54) is 0 Å². The molecule has 0 bridgehead atoms. The van der Waals surface area contributed by atoms with Gasteiger partial charge in [0.05, 0.1) is 0 Å². The molecule has 1 aromatic rings. The smallest absolute Gasteiger partial charge is 0.245 e. The van der Waals surface area contributed by atoms with Crippen molar-refractivity contribution in [2.24, 2.45) is 0 Å². The summed E-state index contributed by atoms with van der Waals surface area (Å²) < 4.78 is 0. The third-order valence-corrected chi connectivity index (χ3v) is 4.93. The van der Waals surface area contributed by atoms with Gasteiger partial charge in [-0.05, 0) is 37.8 Å². The molecule has 3 rings (SSSR count). The van der Waals surface area contributed by atoms with Gasteiger partial charge in [0.2, 0.25) is 5.91 Å². The standard InChI is InChI=1S/C18H23NO2/c1-3-4-11-19-15-9-8-13(2)12-14(15)18(17(19)21)10-6-5-7-16(18)20/h8-9,12H,3-7,10-11H2,1-2H3. The van der Waals surface area contributed by atoms with Crippen molar-refractivity contribution < 1.29 is 9.59 Å². The largest absolute Gasteiger partial charge is 0.311 e. The number of fused-ring (bicyclic) bond motifs is 2. The number of rotatable bonds is 3. The van der Waals surface area contributed by atoms with E-state index >= 15 is 0 Å². The van der Waals surface area contributed by atoms with Gasteiger partial charge in [0.1, 0.15) is 5.41 Å². The van der Waals surface area contributed by atoms with Crippen molar-refractivity contribution in [3.05, 3.63) is 29.3 Å². The molecule has 3 nitrogen and oxygen atoms in total. The lowest BCUT2D eigenvalue weighted by Gasteiger charge is -2.31. The molecule has 1 aliphatic heterocycles. The molecule has 2 aliphatic rings. The Hall–Kier alpha value is -1.64. The maximum absolute atomic E-state index is 13.1. The SMILES string of the molecule is CCCCN1C(=O)C2(CCCCC2=O)c2cc(C)ccc21. The van der Waals surface area contributed by atoms with Crippen molar-refractivity contribution in [1.82, 2.24) is 0 Å². The van der Waals surface area contributed by atoms with Crippen molar-refractivity contribution in [2.75, 3.05) is 11.4 Å². The number of amides is 1. The highest BCUT2D eigenvalue weighted by molar-refractivity contribution is 6.22. The Morgan fingerprint density at radius 3 is 2.76 bits per heavy atom. The molecular weight excluding hydrogens is 262 g/mol. The van der Waals surface area contributed by atoms with Gasteiger partial charge in [0.25, 0.3) is 0 Å². The van der Waals surface area contributed by atoms with Gasteiger partial charge in [-0.1, -0.05) is 37.5 Å². The number of aryl methyl sites for hydroxylation is 1. The third-order valence-electron chi connectivity index (χ3n) is 4.93. The first-order chi connectivity index (χ1) is 10.1. The topological polar surface area (TPSA) is 37.4 Å². The molecule has 112 valence electrons. The molecule has 0 radical (unpaired) electrons. The average Bonchev–Trinajstić information content (AvgIpc) is 2.70. The highest BCUT2D eigenvalue weighted by atomic mass is 16.2. The van der Waals surface area contributed by atoms with Crippen molar-refractivity contribution in [3.8, 4) is 0 Å². The molecule has 3 heteroatoms. The van der Waals surface area contributed by atoms with Crippen LogP contribution >= 0.6 is 0 Å². The number of Topliss-reactive ketones (excluding diaryl/α,β-unsaturated/α-hetero) is 1. The van der Waals surface area contributed by atoms with E-state index in [1.807, 2.05) is 24.0 Å². The highest BCUT2D eigenvalue weighted by Gasteiger charge is 2.55. The van der Waals surface area contributed by atoms with Crippen molar-refractivity contribution in [1.29, 1.82) is 0 Å². The first kappa shape index (κ1) is 14.3. The molecule has 1 atom stereocenters. The Bertz CT molecular complexity index is 593. The van der Waals surface area contributed by atoms with Crippen LogP contribution in [-0.2, 0) is 15.0 Å². The van der Waals surface area contributed by atoms with Gasteiger partial charge in [-0.15, -0.1) is 0 Å². The number of carbonyl (C=O) groups is 2. The Kier molecular flexibility index (Phi) is 3.60. The Morgan fingerprint density at radius 1 is 1.24 bits per heavy atom. The lowest BCUT2D eigenvalue weighted by atomic mass is 9.69. The zero-order valence-electron chi connectivity index (χ0n) is 12.9. The maximum Gasteiger partial charge on any atom is 0.245 e. The van der Waals surface area contributed by atoms with Crippen LogP contribution in [0.5, 0.6) is 0 Å². The number of benzene rings is 1. The number of carbonyl (C=O) groups excluding carboxylic acids is 2. The fourth-order valence-corrected chi connectivity index (χ4v) is 3.76. The van der Waals surface area contributed by atoms with Gasteiger partial charge in [-0.25, -0.2) is 0 Å². The highest BCUT2D eigenvalue weighted by Crippen LogP contribution is 2.48. The molecule has 21 heavy (non-hydrogen) atoms. The lowest BCUT2D eigenvalue weighted by Crippen LogP contribution is -2.48. The van der Waals surface area contributed by atoms with Crippen LogP contribution in [-0.4, -0.2) is 18.2 Å². The number of ketones is 1. The summed E-state index contributed by atoms with van der Waals surface area (Å²) >= 11 is 0. The molecule has 1 amide bonds. The summed E-state index contributed by atoms with van der Waals surface area (Å²) in [6.45, 7) is 4.87. The van der Waals surface area contributed by atoms with E-state index < -0.39 is 5.41 Å². The molecule has 1 spiro atoms. The normalized spacial score (nSPS) is 24.8. The van der Waals surface area contributed by atoms with Crippen LogP contribution < -0.4 is 4.90 Å². The van der Waals surface area contributed by atoms with E-state index in [0.29, 0.717) is 12.8 Å². The molecule has 0 saturated heterocycles. The zero-order valence-corrected chi connectivity index (χ0v) is 12.9. The fraction of sp³-hybridized carbons (Fsp3) is 0.556. The predicted octanol–water partition coefficient (Wildman–Crippen LogP) is 3.52. The van der Waals surface area contributed by atoms with Crippen LogP contribution in [0.2, 0.25) is 0 Å². The second-order valence-corrected chi connectivity index (χ2v) is 6.37. The third kappa shape index (κ3) is 2.02. The molecule has 1 saturated carbocycles. The molecular formula is C18H23NO2. The first-order valence-corrected chi connectivity index (χ1v) is 8.07. The van der Waals surface area contributed by atoms with Crippen LogP contribution in [0, 0.1) is 6.92 Å². The van der Waals surface area contributed by atoms with Gasteiger partial charge in [0.15, 0.2) is 5.78 Å². The number of anilines is 1. The van der Waals surface area contributed by atoms with E-state index in [1.54, 1.807) is 0 Å². The fourth-order valence-electron chi connectivity index (χ4n) is 3.76. The summed E-state index contributed by atoms with van der Waals surface area (Å²) in [5.74, 6) is 0.158. The Morgan fingerprint density at radius 2 is 2.05 bits per heavy atom. The number of nitrogens with zero attached hydrogens (tertiary/aromatic N) is 1. The van der Waals surface area contributed by atoms with Crippen LogP contribution in [0.1, 0.15) is 56.6 Å². The van der Waals surface area contributed by atoms with Crippen molar-refractivity contribution in [3.63, 3.8) is 0 Å². The second kappa shape index (κ2) is 5.28. The van der Waals surface area contributed by atoms with E-state index in [9.17, 15) is 9.59 Å². The molecule has 0 aromatic heterocycles. The summed E-state index contributed by atoms with van der Waals surface area (Å²) in [6.07, 6.45) is 5.14. The van der Waals surface area contributed by atoms with E-state index in [2.05, 4.69) is 13.0 Å². The quantitative estimate of drug-likeness (QED) is 0.797. The van der Waals surface area contributed by atoms with Gasteiger partial charge < -0.3 is 4.90 Å². The Labute approximate surface area is 126 Å². The minimum absolute atomic E-state index is 0.0289. The molecule has 0 N–H and O–H groups in total. The monoisotopic (exact) mass is 285 g/mol. The summed E-state index contributed by atoms with van der Waals surface area (Å²) in [7, 11) is 0. The average molecular weight is 285 g/mol. The summed E-state index contributed by atoms with van der Waals surface area (Å²) in [4.78, 5) is 27.6.